The summed E-state index contributed by atoms with van der Waals surface area (Å²) in [6.45, 7) is 5.46. The minimum Gasteiger partial charge on any atom is -0.479 e. The lowest BCUT2D eigenvalue weighted by atomic mass is 10.1. The van der Waals surface area contributed by atoms with Crippen LogP contribution < -0.4 is 19.7 Å². The van der Waals surface area contributed by atoms with Gasteiger partial charge in [0, 0.05) is 25.3 Å². The molecular weight excluding hydrogens is 543 g/mol. The molecule has 2 aromatic rings. The number of amides is 2. The van der Waals surface area contributed by atoms with Crippen LogP contribution in [-0.4, -0.2) is 62.7 Å². The second-order valence-electron chi connectivity index (χ2n) is 9.80. The highest BCUT2D eigenvalue weighted by Crippen LogP contribution is 2.38. The van der Waals surface area contributed by atoms with E-state index in [0.717, 1.165) is 4.31 Å². The first-order valence-corrected chi connectivity index (χ1v) is 13.6. The smallest absolute Gasteiger partial charge is 0.427 e. The number of carbonyl (C=O) groups is 2. The number of methoxy groups -OCH3 is 1. The lowest BCUT2D eigenvalue weighted by Crippen LogP contribution is -2.44. The van der Waals surface area contributed by atoms with Crippen molar-refractivity contribution in [3.63, 3.8) is 0 Å². The molecule has 1 aliphatic heterocycles. The first kappa shape index (κ1) is 30.1. The number of rotatable bonds is 11. The number of nitrogens with zero attached hydrogens (tertiary/aromatic N) is 3. The number of carbonyl (C=O) groups excluding carboxylic acids is 2. The number of aryl methyl sites for hydroxylation is 2. The molecule has 11 nitrogen and oxygen atoms in total. The number of anilines is 2. The molecule has 1 unspecified atom stereocenters. The number of benzene rings is 1. The third kappa shape index (κ3) is 6.40. The maximum atomic E-state index is 14.2. The SMILES string of the molecule is COc1nn2c(c1S(=O)(=O)N(CC(C)CNC=O)c1cc(NC(=O)OC(C)(C)C(F)(F)F)ccc1C)CCC2. The molecule has 1 aliphatic rings. The molecule has 0 fully saturated rings. The van der Waals surface area contributed by atoms with Crippen LogP contribution in [0.4, 0.5) is 29.3 Å². The summed E-state index contributed by atoms with van der Waals surface area (Å²) in [7, 11) is -2.98. The van der Waals surface area contributed by atoms with Gasteiger partial charge in [-0.25, -0.2) is 13.2 Å². The maximum absolute atomic E-state index is 14.2. The van der Waals surface area contributed by atoms with E-state index in [4.69, 9.17) is 4.74 Å². The summed E-state index contributed by atoms with van der Waals surface area (Å²) in [5, 5.41) is 9.06. The molecule has 3 rings (SSSR count). The first-order chi connectivity index (χ1) is 18.1. The minimum absolute atomic E-state index is 0.0182. The van der Waals surface area contributed by atoms with Crippen molar-refractivity contribution in [3.05, 3.63) is 29.5 Å². The monoisotopic (exact) mass is 575 g/mol. The van der Waals surface area contributed by atoms with Crippen molar-refractivity contribution in [2.45, 2.75) is 63.8 Å². The van der Waals surface area contributed by atoms with Crippen molar-refractivity contribution in [2.75, 3.05) is 29.8 Å². The molecule has 15 heteroatoms. The van der Waals surface area contributed by atoms with E-state index in [9.17, 15) is 31.2 Å². The van der Waals surface area contributed by atoms with Crippen LogP contribution in [0.1, 0.15) is 38.4 Å². The van der Waals surface area contributed by atoms with E-state index in [2.05, 4.69) is 20.5 Å². The van der Waals surface area contributed by atoms with Gasteiger partial charge in [-0.1, -0.05) is 13.0 Å². The summed E-state index contributed by atoms with van der Waals surface area (Å²) in [6.07, 6.45) is -4.47. The zero-order valence-electron chi connectivity index (χ0n) is 22.3. The third-order valence-electron chi connectivity index (χ3n) is 6.29. The van der Waals surface area contributed by atoms with E-state index in [-0.39, 0.29) is 41.2 Å². The van der Waals surface area contributed by atoms with E-state index in [1.54, 1.807) is 18.5 Å². The van der Waals surface area contributed by atoms with E-state index < -0.39 is 27.9 Å². The Bertz CT molecular complexity index is 1330. The largest absolute Gasteiger partial charge is 0.479 e. The fourth-order valence-corrected chi connectivity index (χ4v) is 6.07. The molecule has 2 amide bonds. The normalized spacial score (nSPS) is 14.4. The van der Waals surface area contributed by atoms with Crippen molar-refractivity contribution < 1.29 is 40.7 Å². The fourth-order valence-electron chi connectivity index (χ4n) is 4.09. The fraction of sp³-hybridized carbons (Fsp3) is 0.542. The zero-order chi connectivity index (χ0) is 29.2. The number of ether oxygens (including phenoxy) is 2. The lowest BCUT2D eigenvalue weighted by Gasteiger charge is -2.29. The average Bonchev–Trinajstić information content (AvgIpc) is 3.42. The van der Waals surface area contributed by atoms with Crippen LogP contribution in [0.3, 0.4) is 0 Å². The van der Waals surface area contributed by atoms with Crippen LogP contribution in [0.25, 0.3) is 0 Å². The topological polar surface area (TPSA) is 132 Å². The quantitative estimate of drug-likeness (QED) is 0.391. The number of nitrogens with one attached hydrogen (secondary N) is 2. The van der Waals surface area contributed by atoms with Gasteiger partial charge < -0.3 is 14.8 Å². The molecule has 0 radical (unpaired) electrons. The van der Waals surface area contributed by atoms with Crippen LogP contribution in [0.5, 0.6) is 5.88 Å². The van der Waals surface area contributed by atoms with Gasteiger partial charge in [0.2, 0.25) is 12.0 Å². The van der Waals surface area contributed by atoms with Gasteiger partial charge in [-0.15, -0.1) is 5.10 Å². The molecule has 2 N–H and O–H groups in total. The molecule has 0 bridgehead atoms. The van der Waals surface area contributed by atoms with Gasteiger partial charge in [-0.2, -0.15) is 13.2 Å². The Morgan fingerprint density at radius 1 is 1.31 bits per heavy atom. The van der Waals surface area contributed by atoms with Crippen LogP contribution >= 0.6 is 0 Å². The second-order valence-corrected chi connectivity index (χ2v) is 11.6. The van der Waals surface area contributed by atoms with Crippen LogP contribution in [0.15, 0.2) is 23.1 Å². The molecule has 0 aliphatic carbocycles. The Morgan fingerprint density at radius 3 is 2.62 bits per heavy atom. The molecule has 0 spiro atoms. The number of aromatic nitrogens is 2. The van der Waals surface area contributed by atoms with Gasteiger partial charge in [0.1, 0.15) is 0 Å². The third-order valence-corrected chi connectivity index (χ3v) is 8.14. The molecule has 1 aromatic carbocycles. The summed E-state index contributed by atoms with van der Waals surface area (Å²) in [6, 6.07) is 4.28. The van der Waals surface area contributed by atoms with E-state index in [1.165, 1.54) is 25.3 Å². The Hall–Kier alpha value is -3.49. The molecule has 216 valence electrons. The van der Waals surface area contributed by atoms with Crippen molar-refractivity contribution >= 4 is 33.9 Å². The Morgan fingerprint density at radius 2 is 2.00 bits per heavy atom. The molecule has 2 heterocycles. The number of halogens is 3. The number of sulfonamides is 1. The van der Waals surface area contributed by atoms with Crippen molar-refractivity contribution in [2.24, 2.45) is 5.92 Å². The summed E-state index contributed by atoms with van der Waals surface area (Å²) in [5.41, 5.74) is -1.56. The van der Waals surface area contributed by atoms with E-state index >= 15 is 0 Å². The number of fused-ring (bicyclic) bond motifs is 1. The predicted molar refractivity (Wildman–Crippen MR) is 136 cm³/mol. The molecule has 0 saturated carbocycles. The highest BCUT2D eigenvalue weighted by atomic mass is 32.2. The van der Waals surface area contributed by atoms with Crippen molar-refractivity contribution in [1.82, 2.24) is 15.1 Å². The van der Waals surface area contributed by atoms with Gasteiger partial charge in [0.25, 0.3) is 15.9 Å². The lowest BCUT2D eigenvalue weighted by molar-refractivity contribution is -0.242. The number of alkyl halides is 3. The molecular formula is C24H32F3N5O6S. The second kappa shape index (κ2) is 11.3. The van der Waals surface area contributed by atoms with E-state index in [1.807, 2.05) is 0 Å². The Kier molecular flexibility index (Phi) is 8.72. The molecule has 0 saturated heterocycles. The number of hydrogen-bond donors (Lipinski definition) is 2. The van der Waals surface area contributed by atoms with Gasteiger partial charge in [-0.3, -0.25) is 19.1 Å². The summed E-state index contributed by atoms with van der Waals surface area (Å²) in [5.74, 6) is -0.411. The van der Waals surface area contributed by atoms with Gasteiger partial charge in [0.15, 0.2) is 4.90 Å². The zero-order valence-corrected chi connectivity index (χ0v) is 23.1. The Balaban J connectivity index is 2.04. The highest BCUT2D eigenvalue weighted by molar-refractivity contribution is 7.93. The van der Waals surface area contributed by atoms with Gasteiger partial charge in [-0.05, 0) is 57.2 Å². The van der Waals surface area contributed by atoms with Crippen LogP contribution in [0, 0.1) is 12.8 Å². The highest BCUT2D eigenvalue weighted by Gasteiger charge is 2.51. The Labute approximate surface area is 224 Å². The first-order valence-electron chi connectivity index (χ1n) is 12.1. The summed E-state index contributed by atoms with van der Waals surface area (Å²) < 4.78 is 80.5. The number of hydrogen-bond acceptors (Lipinski definition) is 7. The minimum atomic E-state index is -4.80. The van der Waals surface area contributed by atoms with Crippen molar-refractivity contribution in [3.8, 4) is 5.88 Å². The summed E-state index contributed by atoms with van der Waals surface area (Å²) >= 11 is 0. The van der Waals surface area contributed by atoms with Gasteiger partial charge in [0.05, 0.1) is 18.5 Å². The van der Waals surface area contributed by atoms with Crippen LogP contribution in [0.2, 0.25) is 0 Å². The van der Waals surface area contributed by atoms with Gasteiger partial charge >= 0.3 is 12.3 Å². The molecule has 1 atom stereocenters. The molecule has 1 aromatic heterocycles. The average molecular weight is 576 g/mol. The van der Waals surface area contributed by atoms with E-state index in [0.29, 0.717) is 50.9 Å². The van der Waals surface area contributed by atoms with Crippen LogP contribution in [-0.2, 0) is 32.5 Å². The van der Waals surface area contributed by atoms with Crippen molar-refractivity contribution in [1.29, 1.82) is 0 Å². The predicted octanol–water partition coefficient (Wildman–Crippen LogP) is 3.61. The molecule has 39 heavy (non-hydrogen) atoms. The summed E-state index contributed by atoms with van der Waals surface area (Å²) in [4.78, 5) is 23.0. The maximum Gasteiger partial charge on any atom is 0.427 e. The standard InChI is InChI=1S/C24H32F3N5O6S/c1-15(12-28-14-33)13-32(39(35,36)20-18-7-6-10-31(18)30-21(20)37-5)19-11-17(9-8-16(19)2)29-22(34)38-23(3,4)24(25,26)27/h8-9,11,14-15H,6-7,10,12-13H2,1-5H3,(H,28,33)(H,29,34).